The second-order valence-electron chi connectivity index (χ2n) is 5.02. The molecule has 1 aromatic heterocycles. The summed E-state index contributed by atoms with van der Waals surface area (Å²) >= 11 is 0. The van der Waals surface area contributed by atoms with Crippen LogP contribution in [0.5, 0.6) is 0 Å². The second kappa shape index (κ2) is 3.26. The van der Waals surface area contributed by atoms with Gasteiger partial charge >= 0.3 is 0 Å². The SMILES string of the molecule is Cc1nc(C2CCCC2)n(C2CC2)c1N. The van der Waals surface area contributed by atoms with Crippen molar-refractivity contribution in [2.75, 3.05) is 5.73 Å². The maximum absolute atomic E-state index is 6.11. The van der Waals surface area contributed by atoms with Gasteiger partial charge in [0.2, 0.25) is 0 Å². The molecule has 2 saturated carbocycles. The van der Waals surface area contributed by atoms with Crippen molar-refractivity contribution in [1.29, 1.82) is 0 Å². The van der Waals surface area contributed by atoms with Gasteiger partial charge in [-0.05, 0) is 32.6 Å². The Bertz CT molecular complexity index is 370. The van der Waals surface area contributed by atoms with Gasteiger partial charge in [0.25, 0.3) is 0 Å². The van der Waals surface area contributed by atoms with Crippen molar-refractivity contribution in [3.8, 4) is 0 Å². The fourth-order valence-corrected chi connectivity index (χ4v) is 2.77. The fourth-order valence-electron chi connectivity index (χ4n) is 2.77. The molecule has 3 rings (SSSR count). The number of aromatic nitrogens is 2. The third-order valence-corrected chi connectivity index (χ3v) is 3.79. The molecule has 0 aliphatic heterocycles. The van der Waals surface area contributed by atoms with E-state index in [2.05, 4.69) is 4.57 Å². The zero-order valence-corrected chi connectivity index (χ0v) is 9.37. The van der Waals surface area contributed by atoms with Crippen molar-refractivity contribution < 1.29 is 0 Å². The van der Waals surface area contributed by atoms with Gasteiger partial charge in [0.1, 0.15) is 11.6 Å². The number of nitrogen functional groups attached to an aromatic ring is 1. The number of nitrogens with two attached hydrogens (primary N) is 1. The predicted molar refractivity (Wildman–Crippen MR) is 60.9 cm³/mol. The maximum atomic E-state index is 6.11. The molecule has 2 aliphatic carbocycles. The second-order valence-corrected chi connectivity index (χ2v) is 5.02. The van der Waals surface area contributed by atoms with Crippen LogP contribution in [0.3, 0.4) is 0 Å². The van der Waals surface area contributed by atoms with E-state index in [1.807, 2.05) is 6.92 Å². The van der Waals surface area contributed by atoms with Crippen LogP contribution in [-0.4, -0.2) is 9.55 Å². The Labute approximate surface area is 90.7 Å². The minimum atomic E-state index is 0.668. The van der Waals surface area contributed by atoms with E-state index in [1.54, 1.807) is 0 Å². The average molecular weight is 205 g/mol. The highest BCUT2D eigenvalue weighted by Gasteiger charge is 2.32. The first-order valence-electron chi connectivity index (χ1n) is 6.11. The lowest BCUT2D eigenvalue weighted by Crippen LogP contribution is -2.08. The number of hydrogen-bond acceptors (Lipinski definition) is 2. The topological polar surface area (TPSA) is 43.8 Å². The van der Waals surface area contributed by atoms with Crippen molar-refractivity contribution in [1.82, 2.24) is 9.55 Å². The van der Waals surface area contributed by atoms with Gasteiger partial charge in [-0.1, -0.05) is 12.8 Å². The van der Waals surface area contributed by atoms with Gasteiger partial charge in [0.15, 0.2) is 0 Å². The summed E-state index contributed by atoms with van der Waals surface area (Å²) in [4.78, 5) is 4.69. The first-order chi connectivity index (χ1) is 7.27. The van der Waals surface area contributed by atoms with Crippen LogP contribution >= 0.6 is 0 Å². The van der Waals surface area contributed by atoms with Crippen LogP contribution in [-0.2, 0) is 0 Å². The van der Waals surface area contributed by atoms with Crippen LogP contribution in [0.4, 0.5) is 5.82 Å². The molecule has 0 unspecified atom stereocenters. The van der Waals surface area contributed by atoms with Crippen molar-refractivity contribution >= 4 is 5.82 Å². The summed E-state index contributed by atoms with van der Waals surface area (Å²) in [6.45, 7) is 2.03. The van der Waals surface area contributed by atoms with Gasteiger partial charge in [0.05, 0.1) is 5.69 Å². The molecule has 15 heavy (non-hydrogen) atoms. The number of anilines is 1. The zero-order chi connectivity index (χ0) is 10.4. The minimum absolute atomic E-state index is 0.668. The van der Waals surface area contributed by atoms with Crippen LogP contribution in [0.25, 0.3) is 0 Å². The van der Waals surface area contributed by atoms with E-state index < -0.39 is 0 Å². The van der Waals surface area contributed by atoms with E-state index in [0.29, 0.717) is 12.0 Å². The quantitative estimate of drug-likeness (QED) is 0.806. The third kappa shape index (κ3) is 1.45. The molecule has 3 nitrogen and oxygen atoms in total. The first kappa shape index (κ1) is 9.25. The molecular formula is C12H19N3. The average Bonchev–Trinajstić information content (AvgIpc) is 2.82. The van der Waals surface area contributed by atoms with E-state index in [0.717, 1.165) is 11.5 Å². The zero-order valence-electron chi connectivity index (χ0n) is 9.37. The molecule has 1 heterocycles. The molecular weight excluding hydrogens is 186 g/mol. The summed E-state index contributed by atoms with van der Waals surface area (Å²) in [5, 5.41) is 0. The van der Waals surface area contributed by atoms with Crippen molar-refractivity contribution in [2.45, 2.75) is 57.4 Å². The van der Waals surface area contributed by atoms with Gasteiger partial charge in [-0.2, -0.15) is 0 Å². The highest BCUT2D eigenvalue weighted by molar-refractivity contribution is 5.39. The van der Waals surface area contributed by atoms with Crippen LogP contribution in [0.2, 0.25) is 0 Å². The Balaban J connectivity index is 2.01. The summed E-state index contributed by atoms with van der Waals surface area (Å²) in [6, 6.07) is 0.668. The summed E-state index contributed by atoms with van der Waals surface area (Å²) in [6.07, 6.45) is 7.92. The number of imidazole rings is 1. The van der Waals surface area contributed by atoms with Crippen molar-refractivity contribution in [2.24, 2.45) is 0 Å². The van der Waals surface area contributed by atoms with Gasteiger partial charge < -0.3 is 10.3 Å². The fraction of sp³-hybridized carbons (Fsp3) is 0.750. The van der Waals surface area contributed by atoms with Crippen LogP contribution < -0.4 is 5.73 Å². The summed E-state index contributed by atoms with van der Waals surface area (Å²) < 4.78 is 2.32. The Morgan fingerprint density at radius 1 is 1.20 bits per heavy atom. The van der Waals surface area contributed by atoms with Gasteiger partial charge in [-0.3, -0.25) is 0 Å². The number of hydrogen-bond donors (Lipinski definition) is 1. The van der Waals surface area contributed by atoms with Gasteiger partial charge in [-0.15, -0.1) is 0 Å². The smallest absolute Gasteiger partial charge is 0.126 e. The minimum Gasteiger partial charge on any atom is -0.384 e. The molecule has 1 aromatic rings. The largest absolute Gasteiger partial charge is 0.384 e. The van der Waals surface area contributed by atoms with Gasteiger partial charge in [0, 0.05) is 12.0 Å². The normalized spacial score (nSPS) is 22.5. The van der Waals surface area contributed by atoms with Gasteiger partial charge in [-0.25, -0.2) is 4.98 Å². The van der Waals surface area contributed by atoms with Crippen molar-refractivity contribution in [3.63, 3.8) is 0 Å². The molecule has 82 valence electrons. The lowest BCUT2D eigenvalue weighted by atomic mass is 10.1. The standard InChI is InChI=1S/C12H19N3/c1-8-11(13)15(10-6-7-10)12(14-8)9-4-2-3-5-9/h9-10H,2-7,13H2,1H3. The van der Waals surface area contributed by atoms with E-state index in [4.69, 9.17) is 10.7 Å². The lowest BCUT2D eigenvalue weighted by molar-refractivity contribution is 0.596. The Morgan fingerprint density at radius 3 is 2.47 bits per heavy atom. The number of nitrogens with zero attached hydrogens (tertiary/aromatic N) is 2. The molecule has 0 bridgehead atoms. The molecule has 2 N–H and O–H groups in total. The lowest BCUT2D eigenvalue weighted by Gasteiger charge is -2.12. The Hall–Kier alpha value is -0.990. The van der Waals surface area contributed by atoms with Crippen molar-refractivity contribution in [3.05, 3.63) is 11.5 Å². The molecule has 2 fully saturated rings. The first-order valence-corrected chi connectivity index (χ1v) is 6.11. The Kier molecular flexibility index (Phi) is 2.01. The third-order valence-electron chi connectivity index (χ3n) is 3.79. The monoisotopic (exact) mass is 205 g/mol. The molecule has 0 amide bonds. The molecule has 0 spiro atoms. The predicted octanol–water partition coefficient (Wildman–Crippen LogP) is 2.77. The summed E-state index contributed by atoms with van der Waals surface area (Å²) in [7, 11) is 0. The van der Waals surface area contributed by atoms with Crippen LogP contribution in [0.1, 0.15) is 62.0 Å². The Morgan fingerprint density at radius 2 is 1.87 bits per heavy atom. The van der Waals surface area contributed by atoms with Crippen LogP contribution in [0.15, 0.2) is 0 Å². The van der Waals surface area contributed by atoms with Crippen LogP contribution in [0, 0.1) is 6.92 Å². The molecule has 3 heteroatoms. The highest BCUT2D eigenvalue weighted by atomic mass is 15.2. The van der Waals surface area contributed by atoms with E-state index in [1.165, 1.54) is 44.3 Å². The number of rotatable bonds is 2. The summed E-state index contributed by atoms with van der Waals surface area (Å²) in [5.74, 6) is 2.88. The van der Waals surface area contributed by atoms with E-state index >= 15 is 0 Å². The number of aryl methyl sites for hydroxylation is 1. The highest BCUT2D eigenvalue weighted by Crippen LogP contribution is 2.43. The molecule has 2 aliphatic rings. The molecule has 0 saturated heterocycles. The molecule has 0 aromatic carbocycles. The molecule has 0 atom stereocenters. The maximum Gasteiger partial charge on any atom is 0.126 e. The molecule has 0 radical (unpaired) electrons. The van der Waals surface area contributed by atoms with E-state index in [-0.39, 0.29) is 0 Å². The van der Waals surface area contributed by atoms with E-state index in [9.17, 15) is 0 Å². The summed E-state index contributed by atoms with van der Waals surface area (Å²) in [5.41, 5.74) is 7.14.